The fourth-order valence-corrected chi connectivity index (χ4v) is 0.757. The standard InChI is InChI=1S/C7H7ClFN/c1-10-5-2-3-6(8)7(9)4-5/h2-4H,1,10H2. The van der Waals surface area contributed by atoms with Gasteiger partial charge in [-0.25, -0.2) is 4.39 Å². The van der Waals surface area contributed by atoms with Crippen molar-refractivity contribution in [2.45, 2.75) is 0 Å². The zero-order valence-electron chi connectivity index (χ0n) is 5.27. The van der Waals surface area contributed by atoms with E-state index in [1.54, 1.807) is 11.4 Å². The van der Waals surface area contributed by atoms with Crippen molar-refractivity contribution in [1.82, 2.24) is 0 Å². The lowest BCUT2D eigenvalue weighted by atomic mass is 10.3. The van der Waals surface area contributed by atoms with Crippen molar-refractivity contribution in [1.29, 1.82) is 0 Å². The normalized spacial score (nSPS) is 9.90. The first kappa shape index (κ1) is 7.51. The summed E-state index contributed by atoms with van der Waals surface area (Å²) in [6.07, 6.45) is 0. The third kappa shape index (κ3) is 1.46. The van der Waals surface area contributed by atoms with Crippen molar-refractivity contribution >= 4 is 17.3 Å². The molecule has 0 amide bonds. The molecule has 0 fully saturated rings. The minimum Gasteiger partial charge on any atom is -0.446 e. The van der Waals surface area contributed by atoms with Crippen LogP contribution >= 0.6 is 11.6 Å². The van der Waals surface area contributed by atoms with Crippen LogP contribution in [0.5, 0.6) is 0 Å². The van der Waals surface area contributed by atoms with Crippen LogP contribution in [0, 0.1) is 12.9 Å². The molecule has 0 saturated heterocycles. The third-order valence-electron chi connectivity index (χ3n) is 1.18. The molecule has 1 aromatic rings. The second kappa shape index (κ2) is 2.99. The summed E-state index contributed by atoms with van der Waals surface area (Å²) in [7, 11) is 3.49. The predicted octanol–water partition coefficient (Wildman–Crippen LogP) is 1.47. The monoisotopic (exact) mass is 159 g/mol. The van der Waals surface area contributed by atoms with Crippen molar-refractivity contribution in [2.24, 2.45) is 0 Å². The minimum absolute atomic E-state index is 0.144. The Kier molecular flexibility index (Phi) is 2.25. The van der Waals surface area contributed by atoms with Gasteiger partial charge in [0.1, 0.15) is 11.5 Å². The van der Waals surface area contributed by atoms with E-state index in [0.717, 1.165) is 5.69 Å². The Bertz CT molecular complexity index is 237. The van der Waals surface area contributed by atoms with Crippen LogP contribution in [-0.2, 0) is 0 Å². The van der Waals surface area contributed by atoms with Gasteiger partial charge in [0.15, 0.2) is 0 Å². The summed E-state index contributed by atoms with van der Waals surface area (Å²) in [6.45, 7) is 0. The fourth-order valence-electron chi connectivity index (χ4n) is 0.639. The number of nitrogens with two attached hydrogens (primary N) is 1. The average Bonchev–Trinajstić information content (AvgIpc) is 1.95. The second-order valence-electron chi connectivity index (χ2n) is 1.88. The summed E-state index contributed by atoms with van der Waals surface area (Å²) in [5.74, 6) is -0.404. The van der Waals surface area contributed by atoms with Crippen molar-refractivity contribution < 1.29 is 9.71 Å². The van der Waals surface area contributed by atoms with Gasteiger partial charge in [0.2, 0.25) is 0 Å². The van der Waals surface area contributed by atoms with Gasteiger partial charge in [-0.05, 0) is 12.1 Å². The van der Waals surface area contributed by atoms with Gasteiger partial charge in [-0.1, -0.05) is 11.6 Å². The molecule has 2 N–H and O–H groups in total. The molecule has 0 saturated carbocycles. The van der Waals surface area contributed by atoms with Crippen molar-refractivity contribution in [2.75, 3.05) is 0 Å². The number of quaternary nitrogens is 1. The van der Waals surface area contributed by atoms with E-state index in [0.29, 0.717) is 0 Å². The lowest BCUT2D eigenvalue weighted by Gasteiger charge is -1.98. The molecule has 0 bridgehead atoms. The molecule has 0 aliphatic heterocycles. The smallest absolute Gasteiger partial charge is 0.147 e. The number of rotatable bonds is 1. The van der Waals surface area contributed by atoms with Gasteiger partial charge in [-0.3, -0.25) is 0 Å². The first-order chi connectivity index (χ1) is 4.74. The molecule has 1 aromatic carbocycles. The highest BCUT2D eigenvalue weighted by atomic mass is 35.5. The summed E-state index contributed by atoms with van der Waals surface area (Å²) in [6, 6.07) is 4.56. The van der Waals surface area contributed by atoms with E-state index < -0.39 is 5.82 Å². The maximum atomic E-state index is 12.6. The number of hydrogen-bond donors (Lipinski definition) is 1. The minimum atomic E-state index is -0.404. The van der Waals surface area contributed by atoms with Gasteiger partial charge < -0.3 is 5.32 Å². The first-order valence-corrected chi connectivity index (χ1v) is 3.19. The van der Waals surface area contributed by atoms with E-state index in [1.165, 1.54) is 12.1 Å². The highest BCUT2D eigenvalue weighted by Crippen LogP contribution is 2.15. The van der Waals surface area contributed by atoms with Crippen molar-refractivity contribution in [3.63, 3.8) is 0 Å². The van der Waals surface area contributed by atoms with E-state index in [4.69, 9.17) is 11.6 Å². The van der Waals surface area contributed by atoms with Gasteiger partial charge in [0.05, 0.1) is 5.02 Å². The van der Waals surface area contributed by atoms with Gasteiger partial charge in [0, 0.05) is 6.07 Å². The lowest BCUT2D eigenvalue weighted by Crippen LogP contribution is -2.69. The molecule has 54 valence electrons. The van der Waals surface area contributed by atoms with Crippen molar-refractivity contribution in [3.05, 3.63) is 36.1 Å². The van der Waals surface area contributed by atoms with Crippen LogP contribution in [0.4, 0.5) is 10.1 Å². The average molecular weight is 160 g/mol. The Morgan fingerprint density at radius 3 is 2.70 bits per heavy atom. The topological polar surface area (TPSA) is 16.6 Å². The van der Waals surface area contributed by atoms with E-state index in [2.05, 4.69) is 7.05 Å². The zero-order valence-corrected chi connectivity index (χ0v) is 6.03. The van der Waals surface area contributed by atoms with Crippen LogP contribution in [0.25, 0.3) is 0 Å². The van der Waals surface area contributed by atoms with Crippen molar-refractivity contribution in [3.8, 4) is 0 Å². The lowest BCUT2D eigenvalue weighted by molar-refractivity contribution is -0.504. The van der Waals surface area contributed by atoms with E-state index in [9.17, 15) is 4.39 Å². The molecule has 0 atom stereocenters. The molecular weight excluding hydrogens is 153 g/mol. The quantitative estimate of drug-likeness (QED) is 0.472. The highest BCUT2D eigenvalue weighted by Gasteiger charge is 1.99. The fraction of sp³-hybridized carbons (Fsp3) is 0. The molecule has 3 heteroatoms. The molecule has 0 aromatic heterocycles. The Hall–Kier alpha value is -0.600. The molecule has 0 unspecified atom stereocenters. The summed E-state index contributed by atoms with van der Waals surface area (Å²) in [5.41, 5.74) is 0.738. The molecule has 0 heterocycles. The molecule has 0 radical (unpaired) electrons. The van der Waals surface area contributed by atoms with Gasteiger partial charge >= 0.3 is 0 Å². The largest absolute Gasteiger partial charge is 0.446 e. The Labute approximate surface area is 63.8 Å². The number of halogens is 2. The van der Waals surface area contributed by atoms with Crippen LogP contribution in [0.3, 0.4) is 0 Å². The number of hydrogen-bond acceptors (Lipinski definition) is 0. The van der Waals surface area contributed by atoms with E-state index in [-0.39, 0.29) is 5.02 Å². The summed E-state index contributed by atoms with van der Waals surface area (Å²) < 4.78 is 12.6. The maximum absolute atomic E-state index is 12.6. The molecule has 0 aliphatic carbocycles. The molecule has 1 nitrogen and oxygen atoms in total. The summed E-state index contributed by atoms with van der Waals surface area (Å²) >= 11 is 5.43. The van der Waals surface area contributed by atoms with Crippen LogP contribution in [0.15, 0.2) is 18.2 Å². The molecule has 0 aliphatic rings. The Morgan fingerprint density at radius 1 is 1.50 bits per heavy atom. The molecular formula is C7H7ClFN. The summed E-state index contributed by atoms with van der Waals surface area (Å²) in [5, 5.41) is 1.71. The SMILES string of the molecule is [CH2-][NH2+]c1ccc(Cl)c(F)c1. The predicted molar refractivity (Wildman–Crippen MR) is 38.4 cm³/mol. The zero-order chi connectivity index (χ0) is 7.56. The van der Waals surface area contributed by atoms with Crippen LogP contribution < -0.4 is 5.32 Å². The second-order valence-corrected chi connectivity index (χ2v) is 2.28. The summed E-state index contributed by atoms with van der Waals surface area (Å²) in [4.78, 5) is 0. The van der Waals surface area contributed by atoms with Gasteiger partial charge in [-0.2, -0.15) is 0 Å². The van der Waals surface area contributed by atoms with Gasteiger partial charge in [-0.15, -0.1) is 7.05 Å². The van der Waals surface area contributed by atoms with Crippen LogP contribution in [0.2, 0.25) is 5.02 Å². The highest BCUT2D eigenvalue weighted by molar-refractivity contribution is 6.30. The van der Waals surface area contributed by atoms with Crippen LogP contribution in [-0.4, -0.2) is 0 Å². The first-order valence-electron chi connectivity index (χ1n) is 2.81. The molecule has 1 rings (SSSR count). The van der Waals surface area contributed by atoms with E-state index in [1.807, 2.05) is 0 Å². The Balaban J connectivity index is 3.04. The molecule has 0 spiro atoms. The maximum Gasteiger partial charge on any atom is 0.147 e. The third-order valence-corrected chi connectivity index (χ3v) is 1.49. The Morgan fingerprint density at radius 2 is 2.20 bits per heavy atom. The number of benzene rings is 1. The molecule has 10 heavy (non-hydrogen) atoms. The van der Waals surface area contributed by atoms with Gasteiger partial charge in [0.25, 0.3) is 0 Å². The van der Waals surface area contributed by atoms with E-state index >= 15 is 0 Å². The van der Waals surface area contributed by atoms with Crippen LogP contribution in [0.1, 0.15) is 0 Å².